The summed E-state index contributed by atoms with van der Waals surface area (Å²) in [5.74, 6) is 0.587. The van der Waals surface area contributed by atoms with Gasteiger partial charge < -0.3 is 9.15 Å². The summed E-state index contributed by atoms with van der Waals surface area (Å²) >= 11 is 0. The van der Waals surface area contributed by atoms with Crippen molar-refractivity contribution in [2.24, 2.45) is 0 Å². The Morgan fingerprint density at radius 2 is 2.21 bits per heavy atom. The largest absolute Gasteiger partial charge is 0.468 e. The van der Waals surface area contributed by atoms with Gasteiger partial charge in [-0.1, -0.05) is 0 Å². The molecule has 0 spiro atoms. The van der Waals surface area contributed by atoms with Crippen LogP contribution >= 0.6 is 0 Å². The van der Waals surface area contributed by atoms with E-state index in [1.807, 2.05) is 6.92 Å². The maximum absolute atomic E-state index is 13.4. The molecular formula is C18H21N5O4S. The number of hydrogen-bond donors (Lipinski definition) is 0. The van der Waals surface area contributed by atoms with E-state index < -0.39 is 10.0 Å². The van der Waals surface area contributed by atoms with E-state index in [1.165, 1.54) is 21.6 Å². The maximum Gasteiger partial charge on any atom is 0.243 e. The van der Waals surface area contributed by atoms with Crippen LogP contribution in [0.4, 0.5) is 0 Å². The maximum atomic E-state index is 13.4. The van der Waals surface area contributed by atoms with Crippen molar-refractivity contribution in [3.05, 3.63) is 54.2 Å². The minimum Gasteiger partial charge on any atom is -0.468 e. The molecular weight excluding hydrogens is 382 g/mol. The molecule has 0 N–H and O–H groups in total. The number of hydrogen-bond acceptors (Lipinski definition) is 7. The number of tetrazole rings is 1. The Balaban J connectivity index is 1.64. The zero-order chi connectivity index (χ0) is 19.6. The van der Waals surface area contributed by atoms with Crippen LogP contribution in [0.2, 0.25) is 0 Å². The first-order valence-electron chi connectivity index (χ1n) is 9.02. The first kappa shape index (κ1) is 18.8. The first-order chi connectivity index (χ1) is 13.5. The first-order valence-corrected chi connectivity index (χ1v) is 10.5. The summed E-state index contributed by atoms with van der Waals surface area (Å²) in [7, 11) is -3.74. The van der Waals surface area contributed by atoms with Crippen molar-refractivity contribution in [2.75, 3.05) is 13.2 Å². The number of aromatic nitrogens is 4. The van der Waals surface area contributed by atoms with Gasteiger partial charge in [-0.05, 0) is 66.1 Å². The predicted molar refractivity (Wildman–Crippen MR) is 99.2 cm³/mol. The topological polar surface area (TPSA) is 103 Å². The highest BCUT2D eigenvalue weighted by molar-refractivity contribution is 7.89. The number of aryl methyl sites for hydroxylation is 1. The Hall–Kier alpha value is -2.56. The molecule has 2 aromatic heterocycles. The quantitative estimate of drug-likeness (QED) is 0.594. The summed E-state index contributed by atoms with van der Waals surface area (Å²) in [6.45, 7) is 2.94. The summed E-state index contributed by atoms with van der Waals surface area (Å²) in [6, 6.07) is 8.43. The van der Waals surface area contributed by atoms with Gasteiger partial charge in [0.15, 0.2) is 0 Å². The number of benzene rings is 1. The molecule has 0 radical (unpaired) electrons. The smallest absolute Gasteiger partial charge is 0.243 e. The minimum absolute atomic E-state index is 0.105. The molecule has 4 rings (SSSR count). The Kier molecular flexibility index (Phi) is 5.25. The van der Waals surface area contributed by atoms with Gasteiger partial charge in [0, 0.05) is 13.2 Å². The van der Waals surface area contributed by atoms with Crippen LogP contribution in [0.25, 0.3) is 5.69 Å². The molecule has 148 valence electrons. The lowest BCUT2D eigenvalue weighted by Gasteiger charge is -2.24. The standard InChI is InChI=1S/C18H21N5O4S/c1-14-10-17(6-7-18(14)23-13-19-20-21-23)28(24,25)22(11-15-4-2-8-26-15)12-16-5-3-9-27-16/h2,4,6-8,10,13,16H,3,5,9,11-12H2,1H3/t16-/m1/s1. The fourth-order valence-electron chi connectivity index (χ4n) is 3.31. The predicted octanol–water partition coefficient (Wildman–Crippen LogP) is 1.93. The molecule has 1 aromatic carbocycles. The fourth-order valence-corrected chi connectivity index (χ4v) is 4.83. The molecule has 1 aliphatic heterocycles. The van der Waals surface area contributed by atoms with E-state index in [2.05, 4.69) is 15.5 Å². The van der Waals surface area contributed by atoms with Crippen LogP contribution in [0.5, 0.6) is 0 Å². The van der Waals surface area contributed by atoms with Crippen LogP contribution in [0, 0.1) is 6.92 Å². The number of rotatable bonds is 7. The second kappa shape index (κ2) is 7.82. The lowest BCUT2D eigenvalue weighted by atomic mass is 10.2. The number of sulfonamides is 1. The Labute approximate surface area is 163 Å². The van der Waals surface area contributed by atoms with Gasteiger partial charge in [-0.15, -0.1) is 5.10 Å². The molecule has 1 fully saturated rings. The van der Waals surface area contributed by atoms with E-state index in [-0.39, 0.29) is 24.1 Å². The average molecular weight is 403 g/mol. The van der Waals surface area contributed by atoms with Gasteiger partial charge >= 0.3 is 0 Å². The van der Waals surface area contributed by atoms with Crippen molar-refractivity contribution >= 4 is 10.0 Å². The van der Waals surface area contributed by atoms with Gasteiger partial charge in [0.1, 0.15) is 12.1 Å². The highest BCUT2D eigenvalue weighted by atomic mass is 32.2. The van der Waals surface area contributed by atoms with Crippen LogP contribution in [0.15, 0.2) is 52.2 Å². The summed E-state index contributed by atoms with van der Waals surface area (Å²) in [4.78, 5) is 0.214. The molecule has 9 nitrogen and oxygen atoms in total. The van der Waals surface area contributed by atoms with Gasteiger partial charge in [0.2, 0.25) is 10.0 Å². The zero-order valence-electron chi connectivity index (χ0n) is 15.4. The van der Waals surface area contributed by atoms with Crippen molar-refractivity contribution in [1.82, 2.24) is 24.5 Å². The normalized spacial score (nSPS) is 17.4. The van der Waals surface area contributed by atoms with E-state index in [9.17, 15) is 8.42 Å². The lowest BCUT2D eigenvalue weighted by molar-refractivity contribution is 0.0914. The summed E-state index contributed by atoms with van der Waals surface area (Å²) in [5, 5.41) is 11.1. The van der Waals surface area contributed by atoms with Crippen molar-refractivity contribution in [3.63, 3.8) is 0 Å². The monoisotopic (exact) mass is 403 g/mol. The lowest BCUT2D eigenvalue weighted by Crippen LogP contribution is -2.36. The minimum atomic E-state index is -3.74. The molecule has 0 unspecified atom stereocenters. The van der Waals surface area contributed by atoms with Gasteiger partial charge in [-0.3, -0.25) is 0 Å². The number of nitrogens with zero attached hydrogens (tertiary/aromatic N) is 5. The molecule has 0 saturated carbocycles. The van der Waals surface area contributed by atoms with Crippen molar-refractivity contribution < 1.29 is 17.6 Å². The third-order valence-corrected chi connectivity index (χ3v) is 6.55. The van der Waals surface area contributed by atoms with E-state index in [0.29, 0.717) is 12.4 Å². The molecule has 1 aliphatic rings. The zero-order valence-corrected chi connectivity index (χ0v) is 16.2. The number of ether oxygens (including phenoxy) is 1. The van der Waals surface area contributed by atoms with Gasteiger partial charge in [0.25, 0.3) is 0 Å². The molecule has 0 bridgehead atoms. The molecule has 1 atom stereocenters. The number of furan rings is 1. The van der Waals surface area contributed by atoms with Crippen LogP contribution in [-0.2, 0) is 21.3 Å². The van der Waals surface area contributed by atoms with Crippen molar-refractivity contribution in [3.8, 4) is 5.69 Å². The Morgan fingerprint density at radius 3 is 2.86 bits per heavy atom. The summed E-state index contributed by atoms with van der Waals surface area (Å²) in [6.07, 6.45) is 4.70. The third kappa shape index (κ3) is 3.84. The van der Waals surface area contributed by atoms with Crippen LogP contribution in [0.3, 0.4) is 0 Å². The van der Waals surface area contributed by atoms with E-state index in [0.717, 1.165) is 24.1 Å². The van der Waals surface area contributed by atoms with Crippen LogP contribution < -0.4 is 0 Å². The van der Waals surface area contributed by atoms with Crippen LogP contribution in [0.1, 0.15) is 24.2 Å². The van der Waals surface area contributed by atoms with Crippen molar-refractivity contribution in [1.29, 1.82) is 0 Å². The summed E-state index contributed by atoms with van der Waals surface area (Å²) < 4.78 is 40.7. The highest BCUT2D eigenvalue weighted by Gasteiger charge is 2.30. The molecule has 0 amide bonds. The van der Waals surface area contributed by atoms with Gasteiger partial charge in [-0.25, -0.2) is 13.1 Å². The van der Waals surface area contributed by atoms with Gasteiger partial charge in [0.05, 0.1) is 29.5 Å². The second-order valence-electron chi connectivity index (χ2n) is 6.71. The van der Waals surface area contributed by atoms with E-state index in [1.54, 1.807) is 30.3 Å². The molecule has 10 heteroatoms. The van der Waals surface area contributed by atoms with Crippen molar-refractivity contribution in [2.45, 2.75) is 37.3 Å². The molecule has 3 aromatic rings. The van der Waals surface area contributed by atoms with E-state index in [4.69, 9.17) is 9.15 Å². The molecule has 3 heterocycles. The average Bonchev–Trinajstić information content (AvgIpc) is 3.44. The second-order valence-corrected chi connectivity index (χ2v) is 8.65. The fraction of sp³-hybridized carbons (Fsp3) is 0.389. The molecule has 0 aliphatic carbocycles. The Bertz CT molecular complexity index is 1010. The molecule has 28 heavy (non-hydrogen) atoms. The van der Waals surface area contributed by atoms with E-state index >= 15 is 0 Å². The highest BCUT2D eigenvalue weighted by Crippen LogP contribution is 2.25. The summed E-state index contributed by atoms with van der Waals surface area (Å²) in [5.41, 5.74) is 1.48. The van der Waals surface area contributed by atoms with Crippen LogP contribution in [-0.4, -0.2) is 52.2 Å². The molecule has 1 saturated heterocycles. The Morgan fingerprint density at radius 1 is 1.32 bits per heavy atom. The third-order valence-electron chi connectivity index (χ3n) is 4.75. The SMILES string of the molecule is Cc1cc(S(=O)(=O)N(Cc2ccco2)C[C@H]2CCCO2)ccc1-n1cnnn1. The van der Waals surface area contributed by atoms with Gasteiger partial charge in [-0.2, -0.15) is 4.31 Å².